The lowest BCUT2D eigenvalue weighted by Gasteiger charge is -2.15. The summed E-state index contributed by atoms with van der Waals surface area (Å²) in [6.45, 7) is 4.64. The monoisotopic (exact) mass is 525 g/mol. The Balaban J connectivity index is 1.60. The lowest BCUT2D eigenvalue weighted by atomic mass is 9.94. The second-order valence-electron chi connectivity index (χ2n) is 9.86. The Labute approximate surface area is 240 Å². The molecule has 0 fully saturated rings. The average Bonchev–Trinajstić information content (AvgIpc) is 3.74. The minimum Gasteiger partial charge on any atom is -0.341 e. The van der Waals surface area contributed by atoms with Crippen LogP contribution in [0.5, 0.6) is 0 Å². The first-order valence-electron chi connectivity index (χ1n) is 13.2. The van der Waals surface area contributed by atoms with Gasteiger partial charge >= 0.3 is 0 Å². The number of nitrogens with zero attached hydrogens (tertiary/aromatic N) is 4. The number of hydrogen-bond donors (Lipinski definition) is 0. The Bertz CT molecular complexity index is 1990. The summed E-state index contributed by atoms with van der Waals surface area (Å²) >= 11 is 0. The molecular weight excluding hydrogens is 500 g/mol. The van der Waals surface area contributed by atoms with E-state index >= 15 is 0 Å². The lowest BCUT2D eigenvalue weighted by Crippen LogP contribution is -2.07. The molecule has 4 heteroatoms. The van der Waals surface area contributed by atoms with Crippen molar-refractivity contribution >= 4 is 5.57 Å². The molecule has 0 N–H and O–H groups in total. The van der Waals surface area contributed by atoms with Crippen LogP contribution in [0.4, 0.5) is 0 Å². The molecule has 2 heterocycles. The van der Waals surface area contributed by atoms with Crippen LogP contribution in [0.1, 0.15) is 38.9 Å². The summed E-state index contributed by atoms with van der Waals surface area (Å²) in [5.41, 5.74) is 9.90. The number of benzene rings is 3. The van der Waals surface area contributed by atoms with Crippen molar-refractivity contribution < 1.29 is 0 Å². The van der Waals surface area contributed by atoms with Gasteiger partial charge in [-0.15, -0.1) is 19.3 Å². The van der Waals surface area contributed by atoms with E-state index in [1.165, 1.54) is 5.56 Å². The van der Waals surface area contributed by atoms with Gasteiger partial charge in [-0.05, 0) is 78.1 Å². The second-order valence-corrected chi connectivity index (χ2v) is 9.86. The van der Waals surface area contributed by atoms with Crippen LogP contribution in [0.3, 0.4) is 0 Å². The molecule has 1 aliphatic carbocycles. The van der Waals surface area contributed by atoms with Crippen molar-refractivity contribution in [3.8, 4) is 71.3 Å². The molecule has 4 nitrogen and oxygen atoms in total. The molecule has 0 unspecified atom stereocenters. The van der Waals surface area contributed by atoms with Crippen LogP contribution in [0, 0.1) is 57.3 Å². The molecule has 0 aliphatic heterocycles. The van der Waals surface area contributed by atoms with E-state index in [0.717, 1.165) is 50.2 Å². The summed E-state index contributed by atoms with van der Waals surface area (Å²) in [5.74, 6) is 9.90. The predicted octanol–water partition coefficient (Wildman–Crippen LogP) is 6.88. The summed E-state index contributed by atoms with van der Waals surface area (Å²) in [6.07, 6.45) is 23.7. The first kappa shape index (κ1) is 25.6. The van der Waals surface area contributed by atoms with E-state index in [0.29, 0.717) is 29.6 Å². The fourth-order valence-electron chi connectivity index (χ4n) is 5.14. The van der Waals surface area contributed by atoms with E-state index in [2.05, 4.69) is 47.0 Å². The van der Waals surface area contributed by atoms with Gasteiger partial charge < -0.3 is 4.57 Å². The molecule has 193 valence electrons. The van der Waals surface area contributed by atoms with Crippen molar-refractivity contribution in [2.45, 2.75) is 20.4 Å². The highest BCUT2D eigenvalue weighted by atomic mass is 15.1. The van der Waals surface area contributed by atoms with Gasteiger partial charge in [0, 0.05) is 47.0 Å². The SMILES string of the molecule is C#Cc1ccc(-c2nc(-c3ccc(C#C)c(C)c3C3=C[CH]3)nc(-c3cccn3Cc3ccccc3)n2)c(C#C)c1C. The first-order chi connectivity index (χ1) is 20.0. The molecule has 3 aromatic carbocycles. The molecule has 5 aromatic rings. The number of hydrogen-bond acceptors (Lipinski definition) is 3. The Morgan fingerprint density at radius 2 is 1.32 bits per heavy atom. The number of terminal acetylenes is 3. The van der Waals surface area contributed by atoms with Crippen molar-refractivity contribution in [3.05, 3.63) is 124 Å². The van der Waals surface area contributed by atoms with Gasteiger partial charge in [0.1, 0.15) is 0 Å². The smallest absolute Gasteiger partial charge is 0.180 e. The number of aromatic nitrogens is 4. The van der Waals surface area contributed by atoms with Crippen LogP contribution < -0.4 is 0 Å². The summed E-state index contributed by atoms with van der Waals surface area (Å²) < 4.78 is 2.14. The Hall–Kier alpha value is -5.63. The van der Waals surface area contributed by atoms with E-state index < -0.39 is 0 Å². The van der Waals surface area contributed by atoms with Crippen LogP contribution >= 0.6 is 0 Å². The molecule has 0 amide bonds. The molecule has 1 aliphatic rings. The van der Waals surface area contributed by atoms with Gasteiger partial charge in [-0.25, -0.2) is 15.0 Å². The van der Waals surface area contributed by atoms with E-state index in [-0.39, 0.29) is 0 Å². The van der Waals surface area contributed by atoms with Gasteiger partial charge in [0.15, 0.2) is 17.5 Å². The quantitative estimate of drug-likeness (QED) is 0.227. The van der Waals surface area contributed by atoms with Crippen LogP contribution in [0.15, 0.2) is 79.0 Å². The molecule has 6 rings (SSSR count). The normalized spacial score (nSPS) is 11.7. The molecule has 1 radical (unpaired) electrons. The standard InChI is InChI=1S/C37H25N4/c1-6-27-18-20-31(30(8-3)24(27)4)35-38-36(32-21-19-28(7-2)25(5)34(32)29-16-17-29)40-37(39-35)33-15-12-22-41(33)23-26-13-10-9-11-14-26/h1-3,9-22H,23H2,4-5H3. The fourth-order valence-corrected chi connectivity index (χ4v) is 5.14. The molecule has 41 heavy (non-hydrogen) atoms. The van der Waals surface area contributed by atoms with E-state index in [1.807, 2.05) is 74.6 Å². The van der Waals surface area contributed by atoms with Crippen LogP contribution in [0.2, 0.25) is 0 Å². The highest BCUT2D eigenvalue weighted by Gasteiger charge is 2.24. The Kier molecular flexibility index (Phi) is 6.57. The molecule has 0 spiro atoms. The minimum absolute atomic E-state index is 0.482. The van der Waals surface area contributed by atoms with Gasteiger partial charge in [0.2, 0.25) is 0 Å². The lowest BCUT2D eigenvalue weighted by molar-refractivity contribution is 0.806. The van der Waals surface area contributed by atoms with Gasteiger partial charge in [-0.2, -0.15) is 0 Å². The van der Waals surface area contributed by atoms with E-state index in [1.54, 1.807) is 0 Å². The third-order valence-corrected chi connectivity index (χ3v) is 7.38. The van der Waals surface area contributed by atoms with Crippen molar-refractivity contribution in [1.29, 1.82) is 0 Å². The van der Waals surface area contributed by atoms with Crippen LogP contribution in [-0.2, 0) is 6.54 Å². The van der Waals surface area contributed by atoms with Crippen molar-refractivity contribution in [1.82, 2.24) is 19.5 Å². The predicted molar refractivity (Wildman–Crippen MR) is 165 cm³/mol. The number of rotatable bonds is 6. The zero-order chi connectivity index (χ0) is 28.5. The zero-order valence-corrected chi connectivity index (χ0v) is 22.8. The fraction of sp³-hybridized carbons (Fsp3) is 0.0811. The summed E-state index contributed by atoms with van der Waals surface area (Å²) in [7, 11) is 0. The molecule has 0 saturated carbocycles. The molecule has 0 saturated heterocycles. The summed E-state index contributed by atoms with van der Waals surface area (Å²) in [5, 5.41) is 0. The summed E-state index contributed by atoms with van der Waals surface area (Å²) in [6, 6.07) is 22.0. The third-order valence-electron chi connectivity index (χ3n) is 7.38. The molecule has 2 aromatic heterocycles. The van der Waals surface area contributed by atoms with E-state index in [9.17, 15) is 0 Å². The first-order valence-corrected chi connectivity index (χ1v) is 13.2. The highest BCUT2D eigenvalue weighted by molar-refractivity contribution is 5.95. The van der Waals surface area contributed by atoms with Gasteiger partial charge in [-0.3, -0.25) is 0 Å². The molecule has 0 atom stereocenters. The maximum absolute atomic E-state index is 6.00. The third kappa shape index (κ3) is 4.72. The van der Waals surface area contributed by atoms with Gasteiger partial charge in [0.25, 0.3) is 0 Å². The second kappa shape index (κ2) is 10.5. The van der Waals surface area contributed by atoms with E-state index in [4.69, 9.17) is 34.2 Å². The van der Waals surface area contributed by atoms with Crippen LogP contribution in [-0.4, -0.2) is 19.5 Å². The Morgan fingerprint density at radius 1 is 0.683 bits per heavy atom. The molecular formula is C37H25N4. The largest absolute Gasteiger partial charge is 0.341 e. The highest BCUT2D eigenvalue weighted by Crippen LogP contribution is 2.40. The Morgan fingerprint density at radius 3 is 1.98 bits per heavy atom. The van der Waals surface area contributed by atoms with Gasteiger partial charge in [-0.1, -0.05) is 54.2 Å². The van der Waals surface area contributed by atoms with Crippen molar-refractivity contribution in [2.75, 3.05) is 0 Å². The van der Waals surface area contributed by atoms with Crippen molar-refractivity contribution in [3.63, 3.8) is 0 Å². The average molecular weight is 526 g/mol. The number of allylic oxidation sites excluding steroid dienone is 2. The maximum Gasteiger partial charge on any atom is 0.180 e. The van der Waals surface area contributed by atoms with Gasteiger partial charge in [0.05, 0.1) is 5.69 Å². The minimum atomic E-state index is 0.482. The zero-order valence-electron chi connectivity index (χ0n) is 22.8. The van der Waals surface area contributed by atoms with Crippen molar-refractivity contribution in [2.24, 2.45) is 0 Å². The maximum atomic E-state index is 6.00. The van der Waals surface area contributed by atoms with Crippen LogP contribution in [0.25, 0.3) is 39.9 Å². The summed E-state index contributed by atoms with van der Waals surface area (Å²) in [4.78, 5) is 15.0. The topological polar surface area (TPSA) is 43.6 Å². The molecule has 0 bridgehead atoms.